The number of hydrogen-bond donors (Lipinski definition) is 2. The molecule has 0 saturated carbocycles. The third kappa shape index (κ3) is 2.95. The van der Waals surface area contributed by atoms with Gasteiger partial charge in [-0.15, -0.1) is 0 Å². The number of nitrogens with one attached hydrogen (secondary N) is 1. The van der Waals surface area contributed by atoms with Gasteiger partial charge in [-0.2, -0.15) is 0 Å². The standard InChI is InChI=1S/C11H21N3O2/c1-3-13-6-4-9(15)14-7-5-11(2,8-14)10(12)16/h13H,3-8H2,1-2H3,(H2,12,16). The van der Waals surface area contributed by atoms with E-state index >= 15 is 0 Å². The molecule has 1 fully saturated rings. The molecular weight excluding hydrogens is 206 g/mol. The zero-order valence-corrected chi connectivity index (χ0v) is 10.1. The van der Waals surface area contributed by atoms with Crippen molar-refractivity contribution in [3.8, 4) is 0 Å². The van der Waals surface area contributed by atoms with Crippen molar-refractivity contribution in [2.24, 2.45) is 11.1 Å². The molecule has 0 bridgehead atoms. The molecule has 92 valence electrons. The second kappa shape index (κ2) is 5.30. The Morgan fingerprint density at radius 2 is 2.19 bits per heavy atom. The van der Waals surface area contributed by atoms with Crippen molar-refractivity contribution >= 4 is 11.8 Å². The van der Waals surface area contributed by atoms with Crippen LogP contribution in [0.25, 0.3) is 0 Å². The van der Waals surface area contributed by atoms with Gasteiger partial charge in [0.2, 0.25) is 11.8 Å². The molecule has 16 heavy (non-hydrogen) atoms. The van der Waals surface area contributed by atoms with E-state index in [9.17, 15) is 9.59 Å². The van der Waals surface area contributed by atoms with E-state index in [1.54, 1.807) is 4.90 Å². The lowest BCUT2D eigenvalue weighted by Crippen LogP contribution is -2.39. The molecule has 2 amide bonds. The van der Waals surface area contributed by atoms with E-state index in [0.717, 1.165) is 6.54 Å². The predicted molar refractivity (Wildman–Crippen MR) is 61.7 cm³/mol. The van der Waals surface area contributed by atoms with Gasteiger partial charge in [-0.3, -0.25) is 9.59 Å². The maximum Gasteiger partial charge on any atom is 0.225 e. The van der Waals surface area contributed by atoms with Gasteiger partial charge in [-0.25, -0.2) is 0 Å². The Kier molecular flexibility index (Phi) is 4.29. The number of likely N-dealkylation sites (tertiary alicyclic amines) is 1. The van der Waals surface area contributed by atoms with Gasteiger partial charge in [0.05, 0.1) is 5.41 Å². The smallest absolute Gasteiger partial charge is 0.225 e. The van der Waals surface area contributed by atoms with Gasteiger partial charge in [0.25, 0.3) is 0 Å². The molecule has 1 heterocycles. The molecule has 1 aliphatic rings. The number of carbonyl (C=O) groups excluding carboxylic acids is 2. The van der Waals surface area contributed by atoms with Crippen LogP contribution in [0.4, 0.5) is 0 Å². The van der Waals surface area contributed by atoms with Crippen LogP contribution in [-0.2, 0) is 9.59 Å². The first kappa shape index (κ1) is 13.0. The average Bonchev–Trinajstić information content (AvgIpc) is 2.63. The van der Waals surface area contributed by atoms with Crippen LogP contribution < -0.4 is 11.1 Å². The average molecular weight is 227 g/mol. The van der Waals surface area contributed by atoms with Gasteiger partial charge in [0.15, 0.2) is 0 Å². The van der Waals surface area contributed by atoms with Gasteiger partial charge in [0, 0.05) is 26.1 Å². The largest absolute Gasteiger partial charge is 0.369 e. The lowest BCUT2D eigenvalue weighted by atomic mass is 9.89. The van der Waals surface area contributed by atoms with Gasteiger partial charge < -0.3 is 16.0 Å². The van der Waals surface area contributed by atoms with Gasteiger partial charge in [0.1, 0.15) is 0 Å². The van der Waals surface area contributed by atoms with Crippen molar-refractivity contribution < 1.29 is 9.59 Å². The zero-order valence-electron chi connectivity index (χ0n) is 10.1. The highest BCUT2D eigenvalue weighted by Gasteiger charge is 2.40. The number of nitrogens with zero attached hydrogens (tertiary/aromatic N) is 1. The Balaban J connectivity index is 2.41. The van der Waals surface area contributed by atoms with Crippen molar-refractivity contribution in [1.82, 2.24) is 10.2 Å². The summed E-state index contributed by atoms with van der Waals surface area (Å²) in [5.74, 6) is -0.208. The monoisotopic (exact) mass is 227 g/mol. The molecule has 0 aromatic carbocycles. The highest BCUT2D eigenvalue weighted by Crippen LogP contribution is 2.29. The Labute approximate surface area is 96.4 Å². The molecule has 1 atom stereocenters. The number of primary amides is 1. The van der Waals surface area contributed by atoms with E-state index in [1.165, 1.54) is 0 Å². The van der Waals surface area contributed by atoms with Gasteiger partial charge in [-0.1, -0.05) is 6.92 Å². The third-order valence-corrected chi connectivity index (χ3v) is 3.19. The Bertz CT molecular complexity index is 280. The summed E-state index contributed by atoms with van der Waals surface area (Å²) in [6.45, 7) is 6.50. The van der Waals surface area contributed by atoms with E-state index in [1.807, 2.05) is 13.8 Å². The molecule has 0 spiro atoms. The van der Waals surface area contributed by atoms with E-state index in [2.05, 4.69) is 5.32 Å². The minimum absolute atomic E-state index is 0.103. The van der Waals surface area contributed by atoms with Crippen LogP contribution >= 0.6 is 0 Å². The van der Waals surface area contributed by atoms with Crippen molar-refractivity contribution in [2.45, 2.75) is 26.7 Å². The number of carbonyl (C=O) groups is 2. The molecule has 0 aliphatic carbocycles. The molecule has 1 saturated heterocycles. The van der Waals surface area contributed by atoms with E-state index < -0.39 is 5.41 Å². The number of amides is 2. The Hall–Kier alpha value is -1.10. The van der Waals surface area contributed by atoms with E-state index in [0.29, 0.717) is 32.5 Å². The van der Waals surface area contributed by atoms with Crippen LogP contribution in [-0.4, -0.2) is 42.9 Å². The summed E-state index contributed by atoms with van der Waals surface area (Å²) in [5, 5.41) is 3.11. The molecule has 0 radical (unpaired) electrons. The predicted octanol–water partition coefficient (Wildman–Crippen LogP) is -0.290. The van der Waals surface area contributed by atoms with Crippen molar-refractivity contribution in [1.29, 1.82) is 0 Å². The van der Waals surface area contributed by atoms with E-state index in [-0.39, 0.29) is 11.8 Å². The maximum absolute atomic E-state index is 11.8. The summed E-state index contributed by atoms with van der Waals surface area (Å²) in [6.07, 6.45) is 1.16. The summed E-state index contributed by atoms with van der Waals surface area (Å²) in [4.78, 5) is 24.7. The van der Waals surface area contributed by atoms with Crippen molar-refractivity contribution in [2.75, 3.05) is 26.2 Å². The second-order valence-corrected chi connectivity index (χ2v) is 4.59. The lowest BCUT2D eigenvalue weighted by Gasteiger charge is -2.21. The number of hydrogen-bond acceptors (Lipinski definition) is 3. The quantitative estimate of drug-likeness (QED) is 0.634. The first-order valence-corrected chi connectivity index (χ1v) is 5.78. The highest BCUT2D eigenvalue weighted by atomic mass is 16.2. The lowest BCUT2D eigenvalue weighted by molar-refractivity contribution is -0.131. The molecule has 1 rings (SSSR count). The normalized spacial score (nSPS) is 24.8. The molecule has 5 nitrogen and oxygen atoms in total. The second-order valence-electron chi connectivity index (χ2n) is 4.59. The van der Waals surface area contributed by atoms with Crippen molar-refractivity contribution in [3.63, 3.8) is 0 Å². The van der Waals surface area contributed by atoms with Crippen LogP contribution in [0, 0.1) is 5.41 Å². The molecule has 5 heteroatoms. The minimum atomic E-state index is -0.534. The van der Waals surface area contributed by atoms with Crippen LogP contribution in [0.5, 0.6) is 0 Å². The zero-order chi connectivity index (χ0) is 12.2. The molecular formula is C11H21N3O2. The summed E-state index contributed by atoms with van der Waals surface area (Å²) in [5.41, 5.74) is 4.79. The molecule has 0 aromatic heterocycles. The highest BCUT2D eigenvalue weighted by molar-refractivity contribution is 5.83. The molecule has 1 aliphatic heterocycles. The van der Waals surface area contributed by atoms with Crippen LogP contribution in [0.2, 0.25) is 0 Å². The fourth-order valence-electron chi connectivity index (χ4n) is 1.91. The first-order chi connectivity index (χ1) is 7.49. The van der Waals surface area contributed by atoms with E-state index in [4.69, 9.17) is 5.73 Å². The van der Waals surface area contributed by atoms with Crippen LogP contribution in [0.3, 0.4) is 0 Å². The summed E-state index contributed by atoms with van der Waals surface area (Å²) < 4.78 is 0. The first-order valence-electron chi connectivity index (χ1n) is 5.78. The van der Waals surface area contributed by atoms with Crippen LogP contribution in [0.15, 0.2) is 0 Å². The summed E-state index contributed by atoms with van der Waals surface area (Å²) in [6, 6.07) is 0. The fourth-order valence-corrected chi connectivity index (χ4v) is 1.91. The number of rotatable bonds is 5. The molecule has 3 N–H and O–H groups in total. The van der Waals surface area contributed by atoms with Crippen LogP contribution in [0.1, 0.15) is 26.7 Å². The fraction of sp³-hybridized carbons (Fsp3) is 0.818. The van der Waals surface area contributed by atoms with Gasteiger partial charge >= 0.3 is 0 Å². The SMILES string of the molecule is CCNCCC(=O)N1CCC(C)(C(N)=O)C1. The summed E-state index contributed by atoms with van der Waals surface area (Å²) in [7, 11) is 0. The summed E-state index contributed by atoms with van der Waals surface area (Å²) >= 11 is 0. The third-order valence-electron chi connectivity index (χ3n) is 3.19. The number of nitrogens with two attached hydrogens (primary N) is 1. The minimum Gasteiger partial charge on any atom is -0.369 e. The Morgan fingerprint density at radius 3 is 2.69 bits per heavy atom. The maximum atomic E-state index is 11.8. The van der Waals surface area contributed by atoms with Gasteiger partial charge in [-0.05, 0) is 19.9 Å². The molecule has 1 unspecified atom stereocenters. The topological polar surface area (TPSA) is 75.4 Å². The molecule has 0 aromatic rings. The van der Waals surface area contributed by atoms with Crippen molar-refractivity contribution in [3.05, 3.63) is 0 Å². The Morgan fingerprint density at radius 1 is 1.50 bits per heavy atom.